The fourth-order valence-electron chi connectivity index (χ4n) is 1.16. The molecule has 19 heavy (non-hydrogen) atoms. The second-order valence-electron chi connectivity index (χ2n) is 3.48. The number of carbonyl (C=O) groups excluding carboxylic acids is 2. The predicted molar refractivity (Wildman–Crippen MR) is 77.2 cm³/mol. The second kappa shape index (κ2) is 10.5. The summed E-state index contributed by atoms with van der Waals surface area (Å²) >= 11 is 1.14. The number of amidine groups is 1. The van der Waals surface area contributed by atoms with Gasteiger partial charge in [0.05, 0.1) is 6.61 Å². The number of nitrogens with one attached hydrogen (secondary N) is 2. The lowest BCUT2D eigenvalue weighted by atomic mass is 10.5. The Bertz CT molecular complexity index is 319. The Morgan fingerprint density at radius 3 is 2.37 bits per heavy atom. The number of aliphatic imine (C=N–C) groups is 1. The molecule has 0 rings (SSSR count). The summed E-state index contributed by atoms with van der Waals surface area (Å²) in [6.07, 6.45) is 2.47. The van der Waals surface area contributed by atoms with Gasteiger partial charge in [-0.25, -0.2) is 9.59 Å². The van der Waals surface area contributed by atoms with Crippen LogP contribution in [0.3, 0.4) is 0 Å². The lowest BCUT2D eigenvalue weighted by Crippen LogP contribution is -2.39. The summed E-state index contributed by atoms with van der Waals surface area (Å²) in [4.78, 5) is 28.5. The number of ether oxygens (including phenoxy) is 1. The van der Waals surface area contributed by atoms with Crippen molar-refractivity contribution >= 4 is 30.0 Å². The molecule has 0 spiro atoms. The van der Waals surface area contributed by atoms with Gasteiger partial charge in [0, 0.05) is 19.3 Å². The zero-order valence-electron chi connectivity index (χ0n) is 11.9. The van der Waals surface area contributed by atoms with E-state index in [1.807, 2.05) is 20.8 Å². The third-order valence-electron chi connectivity index (χ3n) is 2.09. The number of rotatable bonds is 5. The molecule has 0 aliphatic heterocycles. The number of amides is 4. The van der Waals surface area contributed by atoms with Crippen molar-refractivity contribution in [2.24, 2.45) is 4.99 Å². The van der Waals surface area contributed by atoms with Crippen LogP contribution in [0.15, 0.2) is 4.99 Å². The Kier molecular flexibility index (Phi) is 9.69. The van der Waals surface area contributed by atoms with Crippen molar-refractivity contribution in [2.45, 2.75) is 27.2 Å². The van der Waals surface area contributed by atoms with Crippen molar-refractivity contribution in [2.75, 3.05) is 26.0 Å². The lowest BCUT2D eigenvalue weighted by molar-refractivity contribution is 0.211. The molecule has 7 nitrogen and oxygen atoms in total. The van der Waals surface area contributed by atoms with Crippen molar-refractivity contribution in [1.29, 1.82) is 0 Å². The highest BCUT2D eigenvalue weighted by Crippen LogP contribution is 1.95. The van der Waals surface area contributed by atoms with Crippen molar-refractivity contribution in [3.8, 4) is 0 Å². The lowest BCUT2D eigenvalue weighted by Gasteiger charge is -2.16. The van der Waals surface area contributed by atoms with Crippen LogP contribution in [0.1, 0.15) is 27.2 Å². The van der Waals surface area contributed by atoms with Gasteiger partial charge in [-0.15, -0.1) is 4.99 Å². The van der Waals surface area contributed by atoms with Crippen molar-refractivity contribution < 1.29 is 14.3 Å². The van der Waals surface area contributed by atoms with Gasteiger partial charge >= 0.3 is 18.1 Å². The van der Waals surface area contributed by atoms with Crippen LogP contribution >= 0.6 is 11.9 Å². The summed E-state index contributed by atoms with van der Waals surface area (Å²) in [5.74, 6) is 0. The maximum atomic E-state index is 11.8. The van der Waals surface area contributed by atoms with E-state index in [9.17, 15) is 9.59 Å². The van der Waals surface area contributed by atoms with Crippen molar-refractivity contribution in [3.63, 3.8) is 0 Å². The van der Waals surface area contributed by atoms with Crippen LogP contribution in [0.4, 0.5) is 9.59 Å². The average molecular weight is 290 g/mol. The van der Waals surface area contributed by atoms with E-state index < -0.39 is 12.1 Å². The third-order valence-corrected chi connectivity index (χ3v) is 2.48. The molecule has 8 heteroatoms. The number of hydrogen-bond acceptors (Lipinski definition) is 4. The molecule has 0 bridgehead atoms. The van der Waals surface area contributed by atoms with Crippen molar-refractivity contribution in [3.05, 3.63) is 0 Å². The molecule has 110 valence electrons. The largest absolute Gasteiger partial charge is 0.465 e. The average Bonchev–Trinajstić information content (AvgIpc) is 2.37. The minimum atomic E-state index is -0.477. The van der Waals surface area contributed by atoms with Crippen LogP contribution < -0.4 is 10.0 Å². The molecule has 0 heterocycles. The summed E-state index contributed by atoms with van der Waals surface area (Å²) in [6, 6.07) is -0.986. The number of nitrogens with zero attached hydrogens (tertiary/aromatic N) is 2. The van der Waals surface area contributed by atoms with Gasteiger partial charge in [0.25, 0.3) is 0 Å². The van der Waals surface area contributed by atoms with Crippen LogP contribution in [-0.4, -0.2) is 48.9 Å². The summed E-state index contributed by atoms with van der Waals surface area (Å²) in [5, 5.41) is 2.40. The summed E-state index contributed by atoms with van der Waals surface area (Å²) < 4.78 is 7.70. The SMILES string of the molecule is CCCOC(=NC(=O)N(CC)CC)NC(=O)NSC. The molecule has 0 atom stereocenters. The highest BCUT2D eigenvalue weighted by atomic mass is 32.2. The van der Waals surface area contributed by atoms with E-state index in [0.717, 1.165) is 18.4 Å². The van der Waals surface area contributed by atoms with E-state index in [-0.39, 0.29) is 6.02 Å². The molecule has 4 amide bonds. The fourth-order valence-corrected chi connectivity index (χ4v) is 1.40. The molecule has 2 N–H and O–H groups in total. The maximum absolute atomic E-state index is 11.8. The molecule has 0 aromatic heterocycles. The molecule has 0 saturated carbocycles. The Hall–Kier alpha value is -1.44. The van der Waals surface area contributed by atoms with E-state index in [1.54, 1.807) is 6.26 Å². The summed E-state index contributed by atoms with van der Waals surface area (Å²) in [5.41, 5.74) is 0. The van der Waals surface area contributed by atoms with Crippen LogP contribution in [0.25, 0.3) is 0 Å². The van der Waals surface area contributed by atoms with Crippen LogP contribution in [0.2, 0.25) is 0 Å². The Balaban J connectivity index is 4.71. The molecule has 0 aliphatic rings. The van der Waals surface area contributed by atoms with E-state index in [4.69, 9.17) is 4.74 Å². The Morgan fingerprint density at radius 1 is 1.26 bits per heavy atom. The van der Waals surface area contributed by atoms with Gasteiger partial charge in [0.15, 0.2) is 0 Å². The number of carbonyl (C=O) groups is 2. The van der Waals surface area contributed by atoms with Crippen LogP contribution in [0, 0.1) is 0 Å². The van der Waals surface area contributed by atoms with E-state index in [0.29, 0.717) is 19.7 Å². The number of urea groups is 2. The minimum absolute atomic E-state index is 0.0784. The Labute approximate surface area is 118 Å². The third kappa shape index (κ3) is 7.55. The van der Waals surface area contributed by atoms with Gasteiger partial charge in [-0.2, -0.15) is 0 Å². The standard InChI is InChI=1S/C11H22N4O3S/c1-5-8-18-10(12-9(16)14-19-4)13-11(17)15(6-2)7-3/h5-8H2,1-4H3,(H2,12,13,14,16,17). The monoisotopic (exact) mass is 290 g/mol. The van der Waals surface area contributed by atoms with E-state index in [2.05, 4.69) is 15.0 Å². The zero-order chi connectivity index (χ0) is 14.7. The first-order valence-corrected chi connectivity index (χ1v) is 7.41. The number of hydrogen-bond donors (Lipinski definition) is 2. The molecule has 0 aromatic rings. The smallest absolute Gasteiger partial charge is 0.348 e. The highest BCUT2D eigenvalue weighted by molar-refractivity contribution is 7.97. The topological polar surface area (TPSA) is 83.0 Å². The van der Waals surface area contributed by atoms with Crippen LogP contribution in [0.5, 0.6) is 0 Å². The van der Waals surface area contributed by atoms with Gasteiger partial charge in [0.1, 0.15) is 0 Å². The molecule has 0 aliphatic carbocycles. The van der Waals surface area contributed by atoms with Gasteiger partial charge < -0.3 is 9.64 Å². The molecule has 0 radical (unpaired) electrons. The summed E-state index contributed by atoms with van der Waals surface area (Å²) in [6.45, 7) is 7.12. The molecule has 0 saturated heterocycles. The van der Waals surface area contributed by atoms with Crippen molar-refractivity contribution in [1.82, 2.24) is 14.9 Å². The quantitative estimate of drug-likeness (QED) is 0.459. The minimum Gasteiger partial charge on any atom is -0.465 e. The van der Waals surface area contributed by atoms with E-state index in [1.165, 1.54) is 4.90 Å². The van der Waals surface area contributed by atoms with E-state index >= 15 is 0 Å². The van der Waals surface area contributed by atoms with Gasteiger partial charge in [-0.1, -0.05) is 18.9 Å². The summed E-state index contributed by atoms with van der Waals surface area (Å²) in [7, 11) is 0. The first-order chi connectivity index (χ1) is 9.08. The first-order valence-electron chi connectivity index (χ1n) is 6.19. The highest BCUT2D eigenvalue weighted by Gasteiger charge is 2.13. The Morgan fingerprint density at radius 2 is 1.89 bits per heavy atom. The van der Waals surface area contributed by atoms with Gasteiger partial charge in [-0.05, 0) is 20.3 Å². The maximum Gasteiger partial charge on any atom is 0.348 e. The molecular formula is C11H22N4O3S. The molecule has 0 aromatic carbocycles. The normalized spacial score (nSPS) is 10.8. The first kappa shape index (κ1) is 17.6. The predicted octanol–water partition coefficient (Wildman–Crippen LogP) is 1.81. The van der Waals surface area contributed by atoms with Crippen LogP contribution in [-0.2, 0) is 4.74 Å². The molecular weight excluding hydrogens is 268 g/mol. The fraction of sp³-hybridized carbons (Fsp3) is 0.727. The van der Waals surface area contributed by atoms with Gasteiger partial charge in [-0.3, -0.25) is 10.0 Å². The van der Waals surface area contributed by atoms with Gasteiger partial charge in [0.2, 0.25) is 0 Å². The molecule has 0 unspecified atom stereocenters. The molecule has 0 fully saturated rings. The zero-order valence-corrected chi connectivity index (χ0v) is 12.7. The second-order valence-corrected chi connectivity index (χ2v) is 4.09.